The van der Waals surface area contributed by atoms with Gasteiger partial charge in [0.1, 0.15) is 11.5 Å². The Kier molecular flexibility index (Phi) is 6.92. The molecule has 3 aromatic rings. The fraction of sp³-hybridized carbons (Fsp3) is 0.207. The first-order chi connectivity index (χ1) is 17.2. The van der Waals surface area contributed by atoms with Crippen molar-refractivity contribution in [1.29, 1.82) is 0 Å². The molecule has 0 spiro atoms. The number of methoxy groups -OCH3 is 1. The molecule has 7 heteroatoms. The van der Waals surface area contributed by atoms with Crippen LogP contribution in [0.3, 0.4) is 0 Å². The highest BCUT2D eigenvalue weighted by atomic mass is 16.5. The average molecular weight is 486 g/mol. The largest absolute Gasteiger partial charge is 0.507 e. The fourth-order valence-electron chi connectivity index (χ4n) is 4.30. The summed E-state index contributed by atoms with van der Waals surface area (Å²) in [5.41, 5.74) is 2.35. The number of amides is 1. The Morgan fingerprint density at radius 2 is 1.67 bits per heavy atom. The number of aliphatic hydroxyl groups excluding tert-OH is 1. The Bertz CT molecular complexity index is 1360. The number of aliphatic hydroxyl groups is 1. The molecule has 1 aliphatic rings. The number of aryl methyl sites for hydroxylation is 1. The van der Waals surface area contributed by atoms with Crippen molar-refractivity contribution in [3.05, 3.63) is 101 Å². The minimum absolute atomic E-state index is 0.0362. The summed E-state index contributed by atoms with van der Waals surface area (Å²) in [7, 11) is 1.55. The summed E-state index contributed by atoms with van der Waals surface area (Å²) in [6.07, 6.45) is -0.312. The highest BCUT2D eigenvalue weighted by Crippen LogP contribution is 2.42. The van der Waals surface area contributed by atoms with Gasteiger partial charge in [-0.25, -0.2) is 4.79 Å². The van der Waals surface area contributed by atoms with Crippen molar-refractivity contribution < 1.29 is 29.0 Å². The molecule has 0 aromatic heterocycles. The Hall–Kier alpha value is -4.39. The van der Waals surface area contributed by atoms with Gasteiger partial charge in [0.05, 0.1) is 30.4 Å². The van der Waals surface area contributed by atoms with Gasteiger partial charge >= 0.3 is 5.97 Å². The molecule has 0 saturated carbocycles. The number of esters is 1. The van der Waals surface area contributed by atoms with Gasteiger partial charge in [0, 0.05) is 11.3 Å². The maximum Gasteiger partial charge on any atom is 0.338 e. The van der Waals surface area contributed by atoms with E-state index in [2.05, 4.69) is 0 Å². The van der Waals surface area contributed by atoms with E-state index in [0.717, 1.165) is 5.56 Å². The van der Waals surface area contributed by atoms with Crippen molar-refractivity contribution in [3.63, 3.8) is 0 Å². The second-order valence-corrected chi connectivity index (χ2v) is 8.77. The van der Waals surface area contributed by atoms with Crippen molar-refractivity contribution in [1.82, 2.24) is 0 Å². The van der Waals surface area contributed by atoms with E-state index in [1.807, 2.05) is 13.0 Å². The van der Waals surface area contributed by atoms with Crippen LogP contribution in [-0.2, 0) is 14.3 Å². The summed E-state index contributed by atoms with van der Waals surface area (Å²) in [6, 6.07) is 19.5. The lowest BCUT2D eigenvalue weighted by molar-refractivity contribution is -0.132. The Balaban J connectivity index is 1.88. The summed E-state index contributed by atoms with van der Waals surface area (Å²) in [6.45, 7) is 5.32. The SMILES string of the molecule is COc1ccc(/C(O)=C2\C(=O)C(=O)N(c3cccc(C(=O)OC(C)C)c3)C2c2ccccc2)cc1C. The van der Waals surface area contributed by atoms with E-state index in [9.17, 15) is 19.5 Å². The van der Waals surface area contributed by atoms with Gasteiger partial charge < -0.3 is 14.6 Å². The Morgan fingerprint density at radius 3 is 2.31 bits per heavy atom. The lowest BCUT2D eigenvalue weighted by atomic mass is 9.94. The normalized spacial score (nSPS) is 16.9. The molecule has 36 heavy (non-hydrogen) atoms. The number of rotatable bonds is 6. The number of nitrogens with zero attached hydrogens (tertiary/aromatic N) is 1. The zero-order valence-electron chi connectivity index (χ0n) is 20.5. The number of ether oxygens (including phenoxy) is 2. The summed E-state index contributed by atoms with van der Waals surface area (Å²) >= 11 is 0. The van der Waals surface area contributed by atoms with Crippen LogP contribution in [0.1, 0.15) is 46.9 Å². The standard InChI is InChI=1S/C29H27NO6/c1-17(2)36-29(34)21-11-8-12-22(16-21)30-25(19-9-6-5-7-10-19)24(27(32)28(30)33)26(31)20-13-14-23(35-4)18(3)15-20/h5-17,25,31H,1-4H3/b26-24+. The van der Waals surface area contributed by atoms with E-state index < -0.39 is 23.7 Å². The van der Waals surface area contributed by atoms with Crippen molar-refractivity contribution >= 4 is 29.1 Å². The number of carbonyl (C=O) groups is 3. The quantitative estimate of drug-likeness (QED) is 0.223. The van der Waals surface area contributed by atoms with Gasteiger partial charge in [-0.15, -0.1) is 0 Å². The molecule has 0 radical (unpaired) electrons. The van der Waals surface area contributed by atoms with Gasteiger partial charge in [0.25, 0.3) is 11.7 Å². The molecule has 184 valence electrons. The first-order valence-electron chi connectivity index (χ1n) is 11.5. The molecule has 1 aliphatic heterocycles. The topological polar surface area (TPSA) is 93.1 Å². The van der Waals surface area contributed by atoms with Crippen LogP contribution in [0.2, 0.25) is 0 Å². The summed E-state index contributed by atoms with van der Waals surface area (Å²) in [5.74, 6) is -1.80. The minimum Gasteiger partial charge on any atom is -0.507 e. The third-order valence-electron chi connectivity index (χ3n) is 5.93. The lowest BCUT2D eigenvalue weighted by Crippen LogP contribution is -2.29. The van der Waals surface area contributed by atoms with E-state index in [1.165, 1.54) is 11.0 Å². The van der Waals surface area contributed by atoms with Gasteiger partial charge in [0.15, 0.2) is 0 Å². The first-order valence-corrected chi connectivity index (χ1v) is 11.5. The summed E-state index contributed by atoms with van der Waals surface area (Å²) in [5, 5.41) is 11.3. The van der Waals surface area contributed by atoms with Crippen LogP contribution in [-0.4, -0.2) is 36.0 Å². The molecular weight excluding hydrogens is 458 g/mol. The van der Waals surface area contributed by atoms with Crippen LogP contribution in [0.5, 0.6) is 5.75 Å². The Morgan fingerprint density at radius 1 is 0.944 bits per heavy atom. The third kappa shape index (κ3) is 4.60. The van der Waals surface area contributed by atoms with Crippen molar-refractivity contribution in [2.45, 2.75) is 32.9 Å². The maximum absolute atomic E-state index is 13.4. The number of carbonyl (C=O) groups excluding carboxylic acids is 3. The van der Waals surface area contributed by atoms with Crippen molar-refractivity contribution in [3.8, 4) is 5.75 Å². The van der Waals surface area contributed by atoms with Crippen LogP contribution in [0.25, 0.3) is 5.76 Å². The predicted molar refractivity (Wildman–Crippen MR) is 136 cm³/mol. The third-order valence-corrected chi connectivity index (χ3v) is 5.93. The molecule has 1 N–H and O–H groups in total. The number of ketones is 1. The average Bonchev–Trinajstić information content (AvgIpc) is 3.14. The highest BCUT2D eigenvalue weighted by Gasteiger charge is 2.47. The molecule has 0 aliphatic carbocycles. The smallest absolute Gasteiger partial charge is 0.338 e. The minimum atomic E-state index is -0.898. The van der Waals surface area contributed by atoms with E-state index in [0.29, 0.717) is 22.6 Å². The van der Waals surface area contributed by atoms with Gasteiger partial charge in [-0.2, -0.15) is 0 Å². The van der Waals surface area contributed by atoms with Gasteiger partial charge in [-0.3, -0.25) is 14.5 Å². The van der Waals surface area contributed by atoms with Crippen molar-refractivity contribution in [2.24, 2.45) is 0 Å². The summed E-state index contributed by atoms with van der Waals surface area (Å²) in [4.78, 5) is 40.5. The number of anilines is 1. The van der Waals surface area contributed by atoms with E-state index in [1.54, 1.807) is 81.6 Å². The molecule has 1 fully saturated rings. The summed E-state index contributed by atoms with van der Waals surface area (Å²) < 4.78 is 10.6. The lowest BCUT2D eigenvalue weighted by Gasteiger charge is -2.26. The molecular formula is C29H27NO6. The fourth-order valence-corrected chi connectivity index (χ4v) is 4.30. The monoisotopic (exact) mass is 485 g/mol. The molecule has 1 atom stereocenters. The molecule has 1 amide bonds. The van der Waals surface area contributed by atoms with E-state index >= 15 is 0 Å². The number of Topliss-reactive ketones (excluding diaryl/α,β-unsaturated/α-hetero) is 1. The molecule has 0 bridgehead atoms. The van der Waals surface area contributed by atoms with Gasteiger partial charge in [-0.05, 0) is 68.3 Å². The zero-order chi connectivity index (χ0) is 26.0. The van der Waals surface area contributed by atoms with Gasteiger partial charge in [-0.1, -0.05) is 36.4 Å². The van der Waals surface area contributed by atoms with Gasteiger partial charge in [0.2, 0.25) is 0 Å². The van der Waals surface area contributed by atoms with Crippen LogP contribution in [0.4, 0.5) is 5.69 Å². The predicted octanol–water partition coefficient (Wildman–Crippen LogP) is 5.20. The van der Waals surface area contributed by atoms with Crippen LogP contribution in [0.15, 0.2) is 78.4 Å². The Labute approximate surface area is 209 Å². The molecule has 1 unspecified atom stereocenters. The van der Waals surface area contributed by atoms with Crippen LogP contribution < -0.4 is 9.64 Å². The van der Waals surface area contributed by atoms with E-state index in [-0.39, 0.29) is 23.0 Å². The van der Waals surface area contributed by atoms with Crippen LogP contribution >= 0.6 is 0 Å². The van der Waals surface area contributed by atoms with E-state index in [4.69, 9.17) is 9.47 Å². The number of hydrogen-bond acceptors (Lipinski definition) is 6. The van der Waals surface area contributed by atoms with Crippen LogP contribution in [0, 0.1) is 6.92 Å². The maximum atomic E-state index is 13.4. The molecule has 1 heterocycles. The van der Waals surface area contributed by atoms with Crippen molar-refractivity contribution in [2.75, 3.05) is 12.0 Å². The zero-order valence-corrected chi connectivity index (χ0v) is 20.5. The molecule has 7 nitrogen and oxygen atoms in total. The number of benzene rings is 3. The second kappa shape index (κ2) is 10.1. The molecule has 3 aromatic carbocycles. The molecule has 1 saturated heterocycles. The number of hydrogen-bond donors (Lipinski definition) is 1. The molecule has 4 rings (SSSR count). The second-order valence-electron chi connectivity index (χ2n) is 8.77. The highest BCUT2D eigenvalue weighted by molar-refractivity contribution is 6.51. The first kappa shape index (κ1) is 24.7.